The Bertz CT molecular complexity index is 702. The maximum atomic E-state index is 12.4. The van der Waals surface area contributed by atoms with Crippen molar-refractivity contribution in [3.05, 3.63) is 35.4 Å². The van der Waals surface area contributed by atoms with Gasteiger partial charge in [0.05, 0.1) is 12.2 Å². The summed E-state index contributed by atoms with van der Waals surface area (Å²) < 4.78 is 24.9. The molecule has 0 aliphatic carbocycles. The van der Waals surface area contributed by atoms with Gasteiger partial charge < -0.3 is 10.0 Å². The van der Waals surface area contributed by atoms with E-state index in [1.54, 1.807) is 31.3 Å². The molecule has 1 aromatic rings. The zero-order chi connectivity index (χ0) is 17.0. The molecule has 1 aromatic carbocycles. The van der Waals surface area contributed by atoms with E-state index in [2.05, 4.69) is 0 Å². The van der Waals surface area contributed by atoms with Crippen molar-refractivity contribution in [3.63, 3.8) is 0 Å². The summed E-state index contributed by atoms with van der Waals surface area (Å²) in [5.41, 5.74) is 0.953. The van der Waals surface area contributed by atoms with Gasteiger partial charge in [0.2, 0.25) is 10.0 Å². The van der Waals surface area contributed by atoms with Crippen molar-refractivity contribution >= 4 is 21.9 Å². The van der Waals surface area contributed by atoms with E-state index in [1.807, 2.05) is 0 Å². The van der Waals surface area contributed by atoms with Crippen LogP contribution in [-0.2, 0) is 21.2 Å². The SMILES string of the molecule is CN(CCN1CCCS1(=O)=O)C(=O)c1cccc(CC(=O)O)c1. The molecule has 1 fully saturated rings. The quantitative estimate of drug-likeness (QED) is 0.810. The largest absolute Gasteiger partial charge is 0.481 e. The normalized spacial score (nSPS) is 17.1. The van der Waals surface area contributed by atoms with Crippen LogP contribution in [0.4, 0.5) is 0 Å². The second-order valence-corrected chi connectivity index (χ2v) is 7.65. The van der Waals surface area contributed by atoms with Gasteiger partial charge in [0.1, 0.15) is 0 Å². The van der Waals surface area contributed by atoms with Crippen molar-refractivity contribution < 1.29 is 23.1 Å². The third-order valence-electron chi connectivity index (χ3n) is 3.76. The predicted octanol–water partition coefficient (Wildman–Crippen LogP) is 0.421. The average molecular weight is 340 g/mol. The molecule has 0 atom stereocenters. The van der Waals surface area contributed by atoms with E-state index in [4.69, 9.17) is 5.11 Å². The summed E-state index contributed by atoms with van der Waals surface area (Å²) in [6.45, 7) is 1.07. The van der Waals surface area contributed by atoms with Gasteiger partial charge in [0.15, 0.2) is 0 Å². The van der Waals surface area contributed by atoms with E-state index < -0.39 is 16.0 Å². The van der Waals surface area contributed by atoms with Gasteiger partial charge in [0, 0.05) is 32.2 Å². The molecule has 1 N–H and O–H groups in total. The number of carboxylic acid groups (broad SMARTS) is 1. The maximum absolute atomic E-state index is 12.4. The number of carbonyl (C=O) groups excluding carboxylic acids is 1. The zero-order valence-electron chi connectivity index (χ0n) is 12.9. The van der Waals surface area contributed by atoms with E-state index in [0.29, 0.717) is 30.6 Å². The molecule has 0 radical (unpaired) electrons. The topological polar surface area (TPSA) is 95.0 Å². The summed E-state index contributed by atoms with van der Waals surface area (Å²) in [4.78, 5) is 24.5. The minimum absolute atomic E-state index is 0.142. The molecule has 0 unspecified atom stereocenters. The number of carboxylic acids is 1. The highest BCUT2D eigenvalue weighted by atomic mass is 32.2. The summed E-state index contributed by atoms with van der Waals surface area (Å²) in [5.74, 6) is -1.04. The average Bonchev–Trinajstić information content (AvgIpc) is 2.82. The number of nitrogens with zero attached hydrogens (tertiary/aromatic N) is 2. The summed E-state index contributed by atoms with van der Waals surface area (Å²) in [5, 5.41) is 8.80. The Labute approximate surface area is 135 Å². The first kappa shape index (κ1) is 17.4. The Kier molecular flexibility index (Phi) is 5.38. The smallest absolute Gasteiger partial charge is 0.307 e. The van der Waals surface area contributed by atoms with Crippen LogP contribution in [0, 0.1) is 0 Å². The Morgan fingerprint density at radius 2 is 2.09 bits per heavy atom. The molecule has 1 aliphatic rings. The highest BCUT2D eigenvalue weighted by molar-refractivity contribution is 7.89. The third-order valence-corrected chi connectivity index (χ3v) is 5.72. The fraction of sp³-hybridized carbons (Fsp3) is 0.467. The van der Waals surface area contributed by atoms with Crippen LogP contribution in [0.3, 0.4) is 0 Å². The lowest BCUT2D eigenvalue weighted by molar-refractivity contribution is -0.136. The van der Waals surface area contributed by atoms with Crippen molar-refractivity contribution in [2.45, 2.75) is 12.8 Å². The van der Waals surface area contributed by atoms with Crippen LogP contribution in [0.25, 0.3) is 0 Å². The number of benzene rings is 1. The summed E-state index contributed by atoms with van der Waals surface area (Å²) in [6, 6.07) is 6.47. The van der Waals surface area contributed by atoms with Crippen molar-refractivity contribution in [1.29, 1.82) is 0 Å². The third kappa shape index (κ3) is 4.52. The van der Waals surface area contributed by atoms with Crippen LogP contribution in [0.1, 0.15) is 22.3 Å². The minimum Gasteiger partial charge on any atom is -0.481 e. The molecule has 8 heteroatoms. The van der Waals surface area contributed by atoms with Gasteiger partial charge in [-0.1, -0.05) is 12.1 Å². The Morgan fingerprint density at radius 1 is 1.35 bits per heavy atom. The lowest BCUT2D eigenvalue weighted by Gasteiger charge is -2.21. The molecule has 0 bridgehead atoms. The van der Waals surface area contributed by atoms with Crippen molar-refractivity contribution in [2.24, 2.45) is 0 Å². The number of sulfonamides is 1. The minimum atomic E-state index is -3.16. The number of amides is 1. The Hall–Kier alpha value is -1.93. The number of hydrogen-bond donors (Lipinski definition) is 1. The zero-order valence-corrected chi connectivity index (χ0v) is 13.8. The fourth-order valence-corrected chi connectivity index (χ4v) is 4.03. The molecule has 2 rings (SSSR count). The standard InChI is InChI=1S/C15H20N2O5S/c1-16(7-8-17-6-3-9-23(17,21)22)15(20)13-5-2-4-12(10-13)11-14(18)19/h2,4-5,10H,3,6-9,11H2,1H3,(H,18,19). The van der Waals surface area contributed by atoms with Crippen LogP contribution >= 0.6 is 0 Å². The first-order valence-corrected chi connectivity index (χ1v) is 8.94. The van der Waals surface area contributed by atoms with Crippen LogP contribution in [0.15, 0.2) is 24.3 Å². The second-order valence-electron chi connectivity index (χ2n) is 5.57. The van der Waals surface area contributed by atoms with Gasteiger partial charge in [-0.25, -0.2) is 12.7 Å². The second kappa shape index (κ2) is 7.10. The molecule has 0 saturated carbocycles. The van der Waals surface area contributed by atoms with Crippen molar-refractivity contribution in [2.75, 3.05) is 32.4 Å². The van der Waals surface area contributed by atoms with E-state index in [-0.39, 0.29) is 24.6 Å². The van der Waals surface area contributed by atoms with E-state index >= 15 is 0 Å². The number of carbonyl (C=O) groups is 2. The monoisotopic (exact) mass is 340 g/mol. The van der Waals surface area contributed by atoms with Gasteiger partial charge in [-0.3, -0.25) is 9.59 Å². The van der Waals surface area contributed by atoms with Gasteiger partial charge in [0.25, 0.3) is 5.91 Å². The molecule has 23 heavy (non-hydrogen) atoms. The van der Waals surface area contributed by atoms with Gasteiger partial charge >= 0.3 is 5.97 Å². The molecule has 0 spiro atoms. The highest BCUT2D eigenvalue weighted by Gasteiger charge is 2.28. The van der Waals surface area contributed by atoms with Crippen molar-refractivity contribution in [3.8, 4) is 0 Å². The lowest BCUT2D eigenvalue weighted by Crippen LogP contribution is -2.37. The fourth-order valence-electron chi connectivity index (χ4n) is 2.51. The molecule has 7 nitrogen and oxygen atoms in total. The van der Waals surface area contributed by atoms with Crippen LogP contribution in [-0.4, -0.2) is 67.0 Å². The molecule has 1 heterocycles. The molecule has 1 saturated heterocycles. The predicted molar refractivity (Wildman–Crippen MR) is 84.7 cm³/mol. The summed E-state index contributed by atoms with van der Waals surface area (Å²) >= 11 is 0. The Morgan fingerprint density at radius 3 is 2.70 bits per heavy atom. The lowest BCUT2D eigenvalue weighted by atomic mass is 10.1. The molecule has 1 aliphatic heterocycles. The summed E-state index contributed by atoms with van der Waals surface area (Å²) in [7, 11) is -1.56. The number of rotatable bonds is 6. The number of aliphatic carboxylic acids is 1. The van der Waals surface area contributed by atoms with Gasteiger partial charge in [-0.2, -0.15) is 0 Å². The highest BCUT2D eigenvalue weighted by Crippen LogP contribution is 2.13. The molecular weight excluding hydrogens is 320 g/mol. The van der Waals surface area contributed by atoms with Crippen LogP contribution in [0.5, 0.6) is 0 Å². The molecular formula is C15H20N2O5S. The van der Waals surface area contributed by atoms with E-state index in [9.17, 15) is 18.0 Å². The van der Waals surface area contributed by atoms with E-state index in [0.717, 1.165) is 0 Å². The number of hydrogen-bond acceptors (Lipinski definition) is 4. The van der Waals surface area contributed by atoms with E-state index in [1.165, 1.54) is 9.21 Å². The molecule has 1 amide bonds. The van der Waals surface area contributed by atoms with Crippen LogP contribution in [0.2, 0.25) is 0 Å². The van der Waals surface area contributed by atoms with Crippen molar-refractivity contribution in [1.82, 2.24) is 9.21 Å². The Balaban J connectivity index is 1.98. The van der Waals surface area contributed by atoms with Gasteiger partial charge in [-0.05, 0) is 24.1 Å². The summed E-state index contributed by atoms with van der Waals surface area (Å²) in [6.07, 6.45) is 0.480. The molecule has 0 aromatic heterocycles. The van der Waals surface area contributed by atoms with Gasteiger partial charge in [-0.15, -0.1) is 0 Å². The maximum Gasteiger partial charge on any atom is 0.307 e. The first-order chi connectivity index (χ1) is 10.8. The molecule has 126 valence electrons. The number of likely N-dealkylation sites (N-methyl/N-ethyl adjacent to an activating group) is 1. The van der Waals surface area contributed by atoms with Crippen LogP contribution < -0.4 is 0 Å². The first-order valence-electron chi connectivity index (χ1n) is 7.33.